The van der Waals surface area contributed by atoms with Crippen LogP contribution in [0.5, 0.6) is 0 Å². The van der Waals surface area contributed by atoms with Gasteiger partial charge in [0, 0.05) is 24.5 Å². The van der Waals surface area contributed by atoms with Crippen LogP contribution in [0.2, 0.25) is 0 Å². The minimum Gasteiger partial charge on any atom is -0.312 e. The molecule has 17 heavy (non-hydrogen) atoms. The lowest BCUT2D eigenvalue weighted by molar-refractivity contribution is 0.310. The third-order valence-electron chi connectivity index (χ3n) is 2.57. The lowest BCUT2D eigenvalue weighted by Crippen LogP contribution is -2.37. The first-order valence-electron chi connectivity index (χ1n) is 6.30. The van der Waals surface area contributed by atoms with Gasteiger partial charge < -0.3 is 10.2 Å². The summed E-state index contributed by atoms with van der Waals surface area (Å²) in [7, 11) is 2.16. The van der Waals surface area contributed by atoms with Crippen molar-refractivity contribution in [1.29, 1.82) is 0 Å². The normalized spacial score (nSPS) is 12.1. The molecule has 0 atom stereocenters. The molecule has 0 bridgehead atoms. The lowest BCUT2D eigenvalue weighted by Gasteiger charge is -2.22. The van der Waals surface area contributed by atoms with Gasteiger partial charge in [-0.15, -0.1) is 0 Å². The van der Waals surface area contributed by atoms with Gasteiger partial charge in [0.1, 0.15) is 0 Å². The molecule has 96 valence electrons. The van der Waals surface area contributed by atoms with Gasteiger partial charge in [0.15, 0.2) is 0 Å². The molecular weight excluding hydrogens is 210 g/mol. The zero-order chi connectivity index (χ0) is 12.7. The van der Waals surface area contributed by atoms with Crippen LogP contribution < -0.4 is 5.32 Å². The fourth-order valence-corrected chi connectivity index (χ4v) is 1.69. The zero-order valence-electron chi connectivity index (χ0n) is 11.5. The third-order valence-corrected chi connectivity index (χ3v) is 2.57. The Morgan fingerprint density at radius 3 is 2.47 bits per heavy atom. The highest BCUT2D eigenvalue weighted by Gasteiger charge is 2.07. The third kappa shape index (κ3) is 7.08. The molecule has 3 nitrogen and oxygen atoms in total. The Kier molecular flexibility index (Phi) is 5.59. The molecule has 0 aliphatic heterocycles. The second kappa shape index (κ2) is 6.72. The Bertz CT molecular complexity index is 303. The van der Waals surface area contributed by atoms with Crippen molar-refractivity contribution in [2.24, 2.45) is 0 Å². The Hall–Kier alpha value is -0.930. The smallest absolute Gasteiger partial charge is 0.0271 e. The van der Waals surface area contributed by atoms with Crippen LogP contribution in [0.4, 0.5) is 0 Å². The van der Waals surface area contributed by atoms with E-state index in [1.807, 2.05) is 12.4 Å². The van der Waals surface area contributed by atoms with Crippen LogP contribution in [0.3, 0.4) is 0 Å². The first-order chi connectivity index (χ1) is 7.97. The predicted molar refractivity (Wildman–Crippen MR) is 72.9 cm³/mol. The quantitative estimate of drug-likeness (QED) is 0.767. The van der Waals surface area contributed by atoms with E-state index in [-0.39, 0.29) is 5.54 Å². The lowest BCUT2D eigenvalue weighted by atomic mass is 10.1. The fraction of sp³-hybridized carbons (Fsp3) is 0.643. The molecule has 1 aromatic rings. The molecular formula is C14H25N3. The molecule has 1 heterocycles. The summed E-state index contributed by atoms with van der Waals surface area (Å²) in [5.74, 6) is 0. The minimum atomic E-state index is 0.226. The van der Waals surface area contributed by atoms with Crippen molar-refractivity contribution >= 4 is 0 Å². The molecule has 0 radical (unpaired) electrons. The van der Waals surface area contributed by atoms with Gasteiger partial charge in [-0.05, 0) is 65.0 Å². The molecule has 1 N–H and O–H groups in total. The first-order valence-corrected chi connectivity index (χ1v) is 6.30. The van der Waals surface area contributed by atoms with Gasteiger partial charge in [0.2, 0.25) is 0 Å². The fourth-order valence-electron chi connectivity index (χ4n) is 1.69. The van der Waals surface area contributed by atoms with E-state index in [0.717, 1.165) is 19.6 Å². The van der Waals surface area contributed by atoms with Gasteiger partial charge in [-0.1, -0.05) is 0 Å². The molecule has 0 aliphatic rings. The second-order valence-corrected chi connectivity index (χ2v) is 5.62. The molecule has 0 amide bonds. The highest BCUT2D eigenvalue weighted by atomic mass is 15.1. The molecule has 1 rings (SSSR count). The number of rotatable bonds is 6. The molecule has 1 aromatic heterocycles. The average Bonchev–Trinajstić information content (AvgIpc) is 2.25. The Balaban J connectivity index is 2.16. The largest absolute Gasteiger partial charge is 0.312 e. The monoisotopic (exact) mass is 235 g/mol. The molecule has 0 fully saturated rings. The molecule has 0 unspecified atom stereocenters. The van der Waals surface area contributed by atoms with E-state index in [1.54, 1.807) is 0 Å². The van der Waals surface area contributed by atoms with E-state index < -0.39 is 0 Å². The van der Waals surface area contributed by atoms with Gasteiger partial charge in [-0.25, -0.2) is 0 Å². The maximum atomic E-state index is 4.03. The van der Waals surface area contributed by atoms with E-state index in [2.05, 4.69) is 55.2 Å². The summed E-state index contributed by atoms with van der Waals surface area (Å²) >= 11 is 0. The van der Waals surface area contributed by atoms with Crippen molar-refractivity contribution in [3.05, 3.63) is 30.1 Å². The highest BCUT2D eigenvalue weighted by Crippen LogP contribution is 2.02. The number of pyridine rings is 1. The Labute approximate surface area is 105 Å². The van der Waals surface area contributed by atoms with E-state index >= 15 is 0 Å². The summed E-state index contributed by atoms with van der Waals surface area (Å²) in [6, 6.07) is 4.15. The maximum absolute atomic E-state index is 4.03. The summed E-state index contributed by atoms with van der Waals surface area (Å²) in [4.78, 5) is 6.37. The summed E-state index contributed by atoms with van der Waals surface area (Å²) in [5, 5.41) is 3.50. The van der Waals surface area contributed by atoms with Crippen molar-refractivity contribution in [3.8, 4) is 0 Å². The van der Waals surface area contributed by atoms with E-state index in [9.17, 15) is 0 Å². The summed E-state index contributed by atoms with van der Waals surface area (Å²) in [6.45, 7) is 9.79. The molecule has 0 aromatic carbocycles. The zero-order valence-corrected chi connectivity index (χ0v) is 11.5. The van der Waals surface area contributed by atoms with Crippen LogP contribution in [0.25, 0.3) is 0 Å². The van der Waals surface area contributed by atoms with Crippen LogP contribution in [0, 0.1) is 0 Å². The van der Waals surface area contributed by atoms with Crippen LogP contribution in [0.1, 0.15) is 32.8 Å². The van der Waals surface area contributed by atoms with Gasteiger partial charge in [-0.3, -0.25) is 4.98 Å². The summed E-state index contributed by atoms with van der Waals surface area (Å²) in [6.07, 6.45) is 4.88. The van der Waals surface area contributed by atoms with Crippen molar-refractivity contribution in [1.82, 2.24) is 15.2 Å². The molecule has 3 heteroatoms. The standard InChI is InChI=1S/C14H25N3/c1-14(2,3)16-8-5-11-17(4)12-13-6-9-15-10-7-13/h6-7,9-10,16H,5,8,11-12H2,1-4H3. The highest BCUT2D eigenvalue weighted by molar-refractivity contribution is 5.09. The predicted octanol–water partition coefficient (Wildman–Crippen LogP) is 2.29. The number of nitrogens with one attached hydrogen (secondary N) is 1. The Morgan fingerprint density at radius 1 is 1.24 bits per heavy atom. The molecule has 0 spiro atoms. The van der Waals surface area contributed by atoms with E-state index in [1.165, 1.54) is 12.0 Å². The van der Waals surface area contributed by atoms with Crippen molar-refractivity contribution in [3.63, 3.8) is 0 Å². The Morgan fingerprint density at radius 2 is 1.88 bits per heavy atom. The van der Waals surface area contributed by atoms with E-state index in [4.69, 9.17) is 0 Å². The van der Waals surface area contributed by atoms with Crippen molar-refractivity contribution in [2.75, 3.05) is 20.1 Å². The van der Waals surface area contributed by atoms with Gasteiger partial charge in [0.25, 0.3) is 0 Å². The van der Waals surface area contributed by atoms with Crippen molar-refractivity contribution < 1.29 is 0 Å². The SMILES string of the molecule is CN(CCCNC(C)(C)C)Cc1ccncc1. The molecule has 0 saturated carbocycles. The minimum absolute atomic E-state index is 0.226. The topological polar surface area (TPSA) is 28.2 Å². The van der Waals surface area contributed by atoms with Crippen LogP contribution >= 0.6 is 0 Å². The summed E-state index contributed by atoms with van der Waals surface area (Å²) in [5.41, 5.74) is 1.55. The maximum Gasteiger partial charge on any atom is 0.0271 e. The van der Waals surface area contributed by atoms with Crippen molar-refractivity contribution in [2.45, 2.75) is 39.3 Å². The molecule has 0 aliphatic carbocycles. The van der Waals surface area contributed by atoms with Crippen LogP contribution in [-0.2, 0) is 6.54 Å². The van der Waals surface area contributed by atoms with Gasteiger partial charge in [-0.2, -0.15) is 0 Å². The number of hydrogen-bond acceptors (Lipinski definition) is 3. The summed E-state index contributed by atoms with van der Waals surface area (Å²) < 4.78 is 0. The van der Waals surface area contributed by atoms with Gasteiger partial charge >= 0.3 is 0 Å². The van der Waals surface area contributed by atoms with Gasteiger partial charge in [0.05, 0.1) is 0 Å². The van der Waals surface area contributed by atoms with E-state index in [0.29, 0.717) is 0 Å². The molecule has 0 saturated heterocycles. The first kappa shape index (κ1) is 14.1. The average molecular weight is 235 g/mol. The number of nitrogens with zero attached hydrogens (tertiary/aromatic N) is 2. The number of hydrogen-bond donors (Lipinski definition) is 1. The number of aromatic nitrogens is 1. The second-order valence-electron chi connectivity index (χ2n) is 5.62. The van der Waals surface area contributed by atoms with Crippen LogP contribution in [-0.4, -0.2) is 35.6 Å². The van der Waals surface area contributed by atoms with Crippen LogP contribution in [0.15, 0.2) is 24.5 Å².